The summed E-state index contributed by atoms with van der Waals surface area (Å²) in [5.74, 6) is -2.02. The van der Waals surface area contributed by atoms with E-state index in [1.54, 1.807) is 31.2 Å². The van der Waals surface area contributed by atoms with Crippen LogP contribution in [0.25, 0.3) is 5.76 Å². The van der Waals surface area contributed by atoms with Gasteiger partial charge < -0.3 is 19.3 Å². The summed E-state index contributed by atoms with van der Waals surface area (Å²) < 4.78 is 16.6. The van der Waals surface area contributed by atoms with Crippen LogP contribution in [0.15, 0.2) is 73.6 Å². The van der Waals surface area contributed by atoms with Crippen LogP contribution >= 0.6 is 11.3 Å². The topological polar surface area (TPSA) is 128 Å². The number of hydrogen-bond acceptors (Lipinski definition) is 10. The molecule has 40 heavy (non-hydrogen) atoms. The number of anilines is 1. The van der Waals surface area contributed by atoms with Crippen molar-refractivity contribution in [2.45, 2.75) is 19.9 Å². The number of esters is 1. The number of aliphatic hydroxyl groups is 1. The van der Waals surface area contributed by atoms with E-state index in [1.807, 2.05) is 6.92 Å². The highest BCUT2D eigenvalue weighted by Gasteiger charge is 2.48. The second-order valence-corrected chi connectivity index (χ2v) is 9.42. The molecule has 0 aliphatic carbocycles. The Morgan fingerprint density at radius 2 is 1.82 bits per heavy atom. The molecule has 1 aliphatic heterocycles. The fourth-order valence-electron chi connectivity index (χ4n) is 4.12. The van der Waals surface area contributed by atoms with E-state index >= 15 is 0 Å². The molecule has 0 bridgehead atoms. The number of thiazole rings is 1. The molecule has 1 fully saturated rings. The largest absolute Gasteiger partial charge is 0.507 e. The normalized spacial score (nSPS) is 16.1. The number of aromatic nitrogens is 2. The lowest BCUT2D eigenvalue weighted by atomic mass is 9.95. The average Bonchev–Trinajstić information content (AvgIpc) is 3.47. The van der Waals surface area contributed by atoms with Crippen molar-refractivity contribution in [1.29, 1.82) is 0 Å². The minimum Gasteiger partial charge on any atom is -0.507 e. The van der Waals surface area contributed by atoms with Crippen LogP contribution in [0.1, 0.15) is 39.5 Å². The van der Waals surface area contributed by atoms with Crippen molar-refractivity contribution in [1.82, 2.24) is 9.97 Å². The number of carbonyl (C=O) groups excluding carboxylic acids is 3. The highest BCUT2D eigenvalue weighted by Crippen LogP contribution is 2.45. The van der Waals surface area contributed by atoms with Crippen molar-refractivity contribution in [3.05, 3.63) is 95.3 Å². The van der Waals surface area contributed by atoms with Crippen molar-refractivity contribution >= 4 is 39.9 Å². The van der Waals surface area contributed by atoms with Crippen LogP contribution in [0, 0.1) is 6.92 Å². The Bertz CT molecular complexity index is 1500. The van der Waals surface area contributed by atoms with Crippen LogP contribution in [0.3, 0.4) is 0 Å². The Morgan fingerprint density at radius 1 is 1.10 bits per heavy atom. The summed E-state index contributed by atoms with van der Waals surface area (Å²) in [6, 6.07) is 6.93. The van der Waals surface area contributed by atoms with Crippen molar-refractivity contribution in [3.63, 3.8) is 0 Å². The van der Waals surface area contributed by atoms with E-state index in [4.69, 9.17) is 14.2 Å². The van der Waals surface area contributed by atoms with Gasteiger partial charge in [-0.3, -0.25) is 19.5 Å². The molecular weight excluding hydrogens is 534 g/mol. The number of Topliss-reactive ketones (excluding diaryl/α,β-unsaturated/α-hetero) is 1. The smallest absolute Gasteiger partial charge is 0.350 e. The molecule has 1 amide bonds. The zero-order valence-corrected chi connectivity index (χ0v) is 22.8. The van der Waals surface area contributed by atoms with Crippen LogP contribution in [0.4, 0.5) is 5.13 Å². The monoisotopic (exact) mass is 561 g/mol. The van der Waals surface area contributed by atoms with Gasteiger partial charge in [0.15, 0.2) is 16.6 Å². The van der Waals surface area contributed by atoms with Crippen LogP contribution < -0.4 is 14.4 Å². The lowest BCUT2D eigenvalue weighted by molar-refractivity contribution is -0.132. The third-order valence-corrected chi connectivity index (χ3v) is 6.98. The number of amides is 1. The maximum absolute atomic E-state index is 13.5. The predicted molar refractivity (Wildman–Crippen MR) is 150 cm³/mol. The Balaban J connectivity index is 1.91. The van der Waals surface area contributed by atoms with E-state index in [2.05, 4.69) is 23.1 Å². The van der Waals surface area contributed by atoms with Crippen LogP contribution in [0.2, 0.25) is 0 Å². The number of pyridine rings is 1. The number of hydrogen-bond donors (Lipinski definition) is 1. The highest BCUT2D eigenvalue weighted by molar-refractivity contribution is 7.17. The second-order valence-electron chi connectivity index (χ2n) is 8.44. The van der Waals surface area contributed by atoms with Gasteiger partial charge in [-0.25, -0.2) is 9.78 Å². The van der Waals surface area contributed by atoms with Crippen LogP contribution in [0.5, 0.6) is 11.5 Å². The SMILES string of the molecule is C=CCOC(=O)c1sc(N2C(=O)C(=O)/C(=C(/O)c3ccncc3)C2c2ccc(OCC=C)c(OCC)c2)nc1C. The van der Waals surface area contributed by atoms with Crippen LogP contribution in [-0.2, 0) is 14.3 Å². The van der Waals surface area contributed by atoms with Gasteiger partial charge in [-0.05, 0) is 43.7 Å². The van der Waals surface area contributed by atoms with Crippen molar-refractivity contribution in [3.8, 4) is 11.5 Å². The van der Waals surface area contributed by atoms with Gasteiger partial charge in [0.25, 0.3) is 5.78 Å². The van der Waals surface area contributed by atoms with E-state index < -0.39 is 23.7 Å². The molecule has 1 saturated heterocycles. The lowest BCUT2D eigenvalue weighted by Crippen LogP contribution is -2.29. The standard InChI is InChI=1S/C29H27N3O7S/c1-5-14-38-20-9-8-19(16-21(20)37-7-3)23-22(24(33)18-10-12-30-13-11-18)25(34)27(35)32(23)29-31-17(4)26(40-29)28(36)39-15-6-2/h5-6,8-13,16,23,33H,1-2,7,14-15H2,3-4H3/b24-22+. The average molecular weight is 562 g/mol. The summed E-state index contributed by atoms with van der Waals surface area (Å²) in [7, 11) is 0. The number of carbonyl (C=O) groups is 3. The number of aryl methyl sites for hydroxylation is 1. The third kappa shape index (κ3) is 5.50. The molecule has 4 rings (SSSR count). The van der Waals surface area contributed by atoms with Crippen LogP contribution in [-0.4, -0.2) is 52.6 Å². The maximum atomic E-state index is 13.5. The number of nitrogens with zero attached hydrogens (tertiary/aromatic N) is 3. The van der Waals surface area contributed by atoms with Gasteiger partial charge in [-0.15, -0.1) is 0 Å². The molecule has 10 nitrogen and oxygen atoms in total. The maximum Gasteiger partial charge on any atom is 0.350 e. The molecule has 1 unspecified atom stereocenters. The number of rotatable bonds is 11. The predicted octanol–water partition coefficient (Wildman–Crippen LogP) is 4.78. The van der Waals surface area contributed by atoms with Gasteiger partial charge >= 0.3 is 11.9 Å². The van der Waals surface area contributed by atoms with Gasteiger partial charge in [0, 0.05) is 18.0 Å². The molecule has 2 aromatic heterocycles. The van der Waals surface area contributed by atoms with Gasteiger partial charge in [0.2, 0.25) is 0 Å². The zero-order chi connectivity index (χ0) is 28.8. The fraction of sp³-hybridized carbons (Fsp3) is 0.207. The second kappa shape index (κ2) is 12.4. The van der Waals surface area contributed by atoms with E-state index in [1.165, 1.54) is 35.5 Å². The summed E-state index contributed by atoms with van der Waals surface area (Å²) >= 11 is 0.909. The zero-order valence-electron chi connectivity index (χ0n) is 22.0. The van der Waals surface area contributed by atoms with E-state index in [0.717, 1.165) is 11.3 Å². The van der Waals surface area contributed by atoms with Crippen molar-refractivity contribution < 1.29 is 33.7 Å². The Hall–Kier alpha value is -4.77. The summed E-state index contributed by atoms with van der Waals surface area (Å²) in [5.41, 5.74) is 0.930. The Kier molecular flexibility index (Phi) is 8.75. The minimum atomic E-state index is -1.09. The Labute approximate surface area is 234 Å². The Morgan fingerprint density at radius 3 is 2.50 bits per heavy atom. The number of aliphatic hydroxyl groups excluding tert-OH is 1. The number of ether oxygens (including phenoxy) is 3. The van der Waals surface area contributed by atoms with E-state index in [9.17, 15) is 19.5 Å². The van der Waals surface area contributed by atoms with Crippen molar-refractivity contribution in [2.24, 2.45) is 0 Å². The molecule has 0 spiro atoms. The third-order valence-electron chi connectivity index (χ3n) is 5.85. The summed E-state index contributed by atoms with van der Waals surface area (Å²) in [4.78, 5) is 49.3. The molecule has 11 heteroatoms. The number of benzene rings is 1. The molecule has 0 saturated carbocycles. The summed E-state index contributed by atoms with van der Waals surface area (Å²) in [6.45, 7) is 11.2. The van der Waals surface area contributed by atoms with Gasteiger partial charge in [0.05, 0.1) is 23.9 Å². The fourth-order valence-corrected chi connectivity index (χ4v) is 5.10. The first-order valence-electron chi connectivity index (χ1n) is 12.3. The molecule has 3 heterocycles. The molecular formula is C29H27N3O7S. The highest BCUT2D eigenvalue weighted by atomic mass is 32.1. The summed E-state index contributed by atoms with van der Waals surface area (Å²) in [6.07, 6.45) is 5.95. The van der Waals surface area contributed by atoms with E-state index in [-0.39, 0.29) is 34.6 Å². The molecule has 1 N–H and O–H groups in total. The molecule has 1 aromatic carbocycles. The van der Waals surface area contributed by atoms with Gasteiger partial charge in [-0.2, -0.15) is 0 Å². The molecule has 206 valence electrons. The van der Waals surface area contributed by atoms with Gasteiger partial charge in [0.1, 0.15) is 23.9 Å². The lowest BCUT2D eigenvalue weighted by Gasteiger charge is -2.24. The quantitative estimate of drug-likeness (QED) is 0.116. The first-order valence-corrected chi connectivity index (χ1v) is 13.1. The molecule has 0 radical (unpaired) electrons. The van der Waals surface area contributed by atoms with Crippen molar-refractivity contribution in [2.75, 3.05) is 24.7 Å². The number of ketones is 1. The summed E-state index contributed by atoms with van der Waals surface area (Å²) in [5, 5.41) is 11.4. The van der Waals surface area contributed by atoms with Gasteiger partial charge in [-0.1, -0.05) is 42.7 Å². The first kappa shape index (κ1) is 28.2. The molecule has 1 atom stereocenters. The first-order chi connectivity index (χ1) is 19.3. The molecule has 1 aliphatic rings. The minimum absolute atomic E-state index is 0.00241. The molecule has 3 aromatic rings. The van der Waals surface area contributed by atoms with E-state index in [0.29, 0.717) is 34.9 Å².